The number of nitrogens with zero attached hydrogens (tertiary/aromatic N) is 1. The average Bonchev–Trinajstić information content (AvgIpc) is 1.09. The molecule has 2 aromatic rings. The van der Waals surface area contributed by atoms with E-state index in [1.807, 2.05) is 0 Å². The zero-order chi connectivity index (χ0) is 73.5. The van der Waals surface area contributed by atoms with Gasteiger partial charge in [0, 0.05) is 31.8 Å². The Bertz CT molecular complexity index is 3330. The highest BCUT2D eigenvalue weighted by Gasteiger charge is 2.58. The smallest absolute Gasteiger partial charge is 0.246 e. The molecule has 26 atom stereocenters. The number of nitrogens with one attached hydrogen (secondary N) is 11. The molecule has 6 amide bonds. The first-order chi connectivity index (χ1) is 49.2. The first-order valence-corrected chi connectivity index (χ1v) is 34.9. The fourth-order valence-corrected chi connectivity index (χ4v) is 16.8. The van der Waals surface area contributed by atoms with Crippen LogP contribution in [0.2, 0.25) is 0 Å². The van der Waals surface area contributed by atoms with Gasteiger partial charge in [-0.3, -0.25) is 39.6 Å². The molecule has 4 aliphatic carbocycles. The van der Waals surface area contributed by atoms with Crippen LogP contribution >= 0.6 is 0 Å². The number of guanidine groups is 2. The second-order valence-corrected chi connectivity index (χ2v) is 28.9. The molecule has 13 rings (SSSR count). The van der Waals surface area contributed by atoms with Gasteiger partial charge >= 0.3 is 0 Å². The first kappa shape index (κ1) is 75.6. The van der Waals surface area contributed by atoms with Crippen LogP contribution in [-0.2, 0) is 63.6 Å². The fraction of sp³-hybridized carbons (Fsp3) is 0.697. The van der Waals surface area contributed by atoms with E-state index in [2.05, 4.69) is 47.9 Å². The van der Waals surface area contributed by atoms with Gasteiger partial charge in [0.1, 0.15) is 121 Å². The Morgan fingerprint density at radius 2 is 1.22 bits per heavy atom. The summed E-state index contributed by atoms with van der Waals surface area (Å²) >= 11 is 0. The zero-order valence-corrected chi connectivity index (χ0v) is 56.2. The van der Waals surface area contributed by atoms with Gasteiger partial charge in [0.05, 0.1) is 45.1 Å². The summed E-state index contributed by atoms with van der Waals surface area (Å²) in [6.07, 6.45) is -22.2. The van der Waals surface area contributed by atoms with Crippen LogP contribution in [0.1, 0.15) is 68.9 Å². The molecule has 568 valence electrons. The Morgan fingerprint density at radius 3 is 1.87 bits per heavy atom. The minimum Gasteiger partial charge on any atom is -0.462 e. The van der Waals surface area contributed by atoms with Gasteiger partial charge in [0.2, 0.25) is 41.7 Å². The van der Waals surface area contributed by atoms with Crippen LogP contribution < -0.4 is 52.6 Å². The second kappa shape index (κ2) is 31.9. The van der Waals surface area contributed by atoms with E-state index in [0.29, 0.717) is 29.7 Å². The molecule has 23 N–H and O–H groups in total. The fourth-order valence-electron chi connectivity index (χ4n) is 16.8. The molecule has 37 nitrogen and oxygen atoms in total. The molecule has 0 aromatic heterocycles. The van der Waals surface area contributed by atoms with Crippen LogP contribution in [0.15, 0.2) is 54.6 Å². The number of aliphatic hydroxyl groups excluding tert-OH is 12. The Hall–Kier alpha value is -7.12. The summed E-state index contributed by atoms with van der Waals surface area (Å²) in [5.74, 6) is -7.05. The van der Waals surface area contributed by atoms with Gasteiger partial charge in [-0.1, -0.05) is 49.4 Å². The van der Waals surface area contributed by atoms with E-state index < -0.39 is 239 Å². The summed E-state index contributed by atoms with van der Waals surface area (Å²) in [4.78, 5) is 88.5. The molecule has 4 bridgehead atoms. The van der Waals surface area contributed by atoms with Crippen molar-refractivity contribution in [1.29, 1.82) is 10.8 Å². The molecule has 11 fully saturated rings. The van der Waals surface area contributed by atoms with Crippen molar-refractivity contribution in [2.45, 2.75) is 217 Å². The monoisotopic (exact) mass is 1450 g/mol. The minimum atomic E-state index is -2.35. The van der Waals surface area contributed by atoms with Crippen LogP contribution in [-0.4, -0.2) is 312 Å². The number of carbonyl (C=O) groups is 6. The highest BCUT2D eigenvalue weighted by molar-refractivity contribution is 5.98. The number of carbonyl (C=O) groups excluding carboxylic acids is 6. The predicted octanol–water partition coefficient (Wildman–Crippen LogP) is -9.20. The molecular formula is C66H94N12O25. The number of aliphatic hydroxyl groups is 12. The van der Waals surface area contributed by atoms with E-state index >= 15 is 9.59 Å². The van der Waals surface area contributed by atoms with Crippen molar-refractivity contribution in [2.24, 2.45) is 23.2 Å². The zero-order valence-electron chi connectivity index (χ0n) is 56.2. The standard InChI is InChI=1S/C66H94N12O25/c1-26(31-5-3-2-4-6-31)42-58(94)72-33(14-27-7-9-32(10-8-27)98-62-52(90)49(87)54(38(24-81)100-62)103-63-53(91)50(88)55-39(101-63)25-97-41(102-55)18-66-15-28-11-29(16-66)13-30(12-28)17-66)57(93)76-43(45(83)34-19-70-64(67)74-34)60(96)77-44(59(95)73-35(22-79)56(92)69-21-40(82)75-42)46(84)36-20-71-65(68)78(36)61-51(89)48(86)47(85)37(23-80)99-61/h2-10,26,28-30,33-39,41-55,61-63,79-81,83-91H,11-25H2,1H3,(H2,68,71)(H,69,92)(H,72,94)(H,73,95)(H,75,82)(H,76,93)(H,77,96)(H3,67,70,74). The van der Waals surface area contributed by atoms with Crippen LogP contribution in [0.3, 0.4) is 0 Å². The second-order valence-electron chi connectivity index (χ2n) is 28.9. The van der Waals surface area contributed by atoms with Gasteiger partial charge in [0.25, 0.3) is 0 Å². The van der Waals surface area contributed by atoms with Gasteiger partial charge in [-0.15, -0.1) is 0 Å². The normalized spacial score (nSPS) is 41.3. The van der Waals surface area contributed by atoms with Crippen molar-refractivity contribution < 1.29 is 123 Å². The summed E-state index contributed by atoms with van der Waals surface area (Å²) in [7, 11) is 0. The quantitative estimate of drug-likeness (QED) is 0.0659. The number of hydrogen-bond acceptors (Lipinski definition) is 27. The lowest BCUT2D eigenvalue weighted by Gasteiger charge is -2.58. The summed E-state index contributed by atoms with van der Waals surface area (Å²) in [5, 5.41) is 173. The maximum atomic E-state index is 15.2. The van der Waals surface area contributed by atoms with Crippen LogP contribution in [0, 0.1) is 34.0 Å². The number of fused-ring (bicyclic) bond motifs is 1. The molecule has 11 aliphatic rings. The lowest BCUT2D eigenvalue weighted by atomic mass is 9.49. The topological polar surface area (TPSA) is 569 Å². The lowest BCUT2D eigenvalue weighted by molar-refractivity contribution is -0.384. The Morgan fingerprint density at radius 1 is 0.592 bits per heavy atom. The Labute approximate surface area is 590 Å². The number of ether oxygens (including phenoxy) is 7. The molecule has 37 heteroatoms. The van der Waals surface area contributed by atoms with Crippen molar-refractivity contribution in [1.82, 2.24) is 52.8 Å². The molecule has 103 heavy (non-hydrogen) atoms. The average molecular weight is 1460 g/mol. The summed E-state index contributed by atoms with van der Waals surface area (Å²) in [5.41, 5.74) is 0.843. The predicted molar refractivity (Wildman–Crippen MR) is 348 cm³/mol. The van der Waals surface area contributed by atoms with E-state index in [-0.39, 0.29) is 35.8 Å². The minimum absolute atomic E-state index is 0.00376. The van der Waals surface area contributed by atoms with Gasteiger partial charge in [-0.2, -0.15) is 0 Å². The Balaban J connectivity index is 0.775. The largest absolute Gasteiger partial charge is 0.462 e. The van der Waals surface area contributed by atoms with Crippen molar-refractivity contribution in [3.05, 3.63) is 65.7 Å². The number of amides is 6. The molecule has 7 heterocycles. The van der Waals surface area contributed by atoms with E-state index in [0.717, 1.165) is 24.2 Å². The molecule has 0 spiro atoms. The number of rotatable bonds is 18. The molecule has 4 saturated carbocycles. The van der Waals surface area contributed by atoms with Crippen LogP contribution in [0.25, 0.3) is 0 Å². The number of benzene rings is 2. The highest BCUT2D eigenvalue weighted by Crippen LogP contribution is 2.62. The molecule has 2 aromatic carbocycles. The van der Waals surface area contributed by atoms with Crippen molar-refractivity contribution in [2.75, 3.05) is 46.1 Å². The first-order valence-electron chi connectivity index (χ1n) is 34.9. The van der Waals surface area contributed by atoms with Gasteiger partial charge in [-0.05, 0) is 85.0 Å². The van der Waals surface area contributed by atoms with E-state index in [1.54, 1.807) is 37.3 Å². The third-order valence-corrected chi connectivity index (χ3v) is 21.9. The SMILES string of the molecule is CC(c1ccccc1)C1NC(=O)CNC(=O)C(CO)NC(=O)C(C(O)C2CNC(=N)N2C2OC(CO)C(O)C(O)C2O)NC(=O)C(C(O)C2CNC(=N)N2)NC(=O)C(Cc2ccc(OC3OC(CO)C(OC4OC5COC(CC67CC8CC(CC(C8)C6)C7)OC5C(O)C4O)C(O)C3O)cc2)NC1=O. The third kappa shape index (κ3) is 16.2. The summed E-state index contributed by atoms with van der Waals surface area (Å²) in [6.45, 7) is -2.93. The molecule has 0 radical (unpaired) electrons. The third-order valence-electron chi connectivity index (χ3n) is 21.9. The molecule has 7 saturated heterocycles. The van der Waals surface area contributed by atoms with Gasteiger partial charge in [0.15, 0.2) is 30.7 Å². The maximum Gasteiger partial charge on any atom is 0.246 e. The van der Waals surface area contributed by atoms with E-state index in [4.69, 9.17) is 44.0 Å². The molecular weight excluding hydrogens is 1360 g/mol. The van der Waals surface area contributed by atoms with E-state index in [9.17, 15) is 80.5 Å². The van der Waals surface area contributed by atoms with Crippen LogP contribution in [0.5, 0.6) is 5.75 Å². The highest BCUT2D eigenvalue weighted by atomic mass is 16.8. The van der Waals surface area contributed by atoms with Crippen LogP contribution in [0.4, 0.5) is 0 Å². The Kier molecular flexibility index (Phi) is 23.4. The summed E-state index contributed by atoms with van der Waals surface area (Å²) < 4.78 is 42.3. The lowest BCUT2D eigenvalue weighted by Crippen LogP contribution is -2.69. The van der Waals surface area contributed by atoms with Crippen molar-refractivity contribution >= 4 is 47.4 Å². The van der Waals surface area contributed by atoms with Gasteiger partial charge < -0.3 is 147 Å². The summed E-state index contributed by atoms with van der Waals surface area (Å²) in [6, 6.07) is 1.06. The molecule has 26 unspecified atom stereocenters. The van der Waals surface area contributed by atoms with E-state index in [1.165, 1.54) is 43.5 Å². The van der Waals surface area contributed by atoms with Gasteiger partial charge in [-0.25, -0.2) is 0 Å². The van der Waals surface area contributed by atoms with Crippen molar-refractivity contribution in [3.63, 3.8) is 0 Å². The molecule has 7 aliphatic heterocycles. The maximum absolute atomic E-state index is 15.2. The number of hydrogen-bond donors (Lipinski definition) is 23. The van der Waals surface area contributed by atoms with Crippen molar-refractivity contribution in [3.8, 4) is 5.75 Å².